The van der Waals surface area contributed by atoms with Crippen LogP contribution in [0, 0.1) is 13.8 Å². The summed E-state index contributed by atoms with van der Waals surface area (Å²) in [5.41, 5.74) is 2.10. The van der Waals surface area contributed by atoms with E-state index in [1.165, 1.54) is 0 Å². The minimum Gasteiger partial charge on any atom is -0.383 e. The maximum absolute atomic E-state index is 12.7. The number of rotatable bonds is 2. The van der Waals surface area contributed by atoms with E-state index in [0.29, 0.717) is 30.1 Å². The number of amides is 2. The fourth-order valence-corrected chi connectivity index (χ4v) is 3.59. The second-order valence-electron chi connectivity index (χ2n) is 6.80. The molecule has 1 aliphatic rings. The van der Waals surface area contributed by atoms with E-state index < -0.39 is 5.60 Å². The minimum absolute atomic E-state index is 0.247. The molecule has 3 aromatic rings. The minimum atomic E-state index is -1.01. The molecule has 2 amide bonds. The molecule has 1 atom stereocenters. The van der Waals surface area contributed by atoms with Crippen LogP contribution < -0.4 is 5.32 Å². The van der Waals surface area contributed by atoms with Crippen molar-refractivity contribution in [1.82, 2.24) is 19.5 Å². The van der Waals surface area contributed by atoms with Gasteiger partial charge in [-0.25, -0.2) is 14.3 Å². The molecular formula is C19H21N5O2. The van der Waals surface area contributed by atoms with Crippen LogP contribution in [-0.2, 0) is 5.60 Å². The van der Waals surface area contributed by atoms with Crippen LogP contribution in [-0.4, -0.2) is 43.7 Å². The molecule has 26 heavy (non-hydrogen) atoms. The largest absolute Gasteiger partial charge is 0.383 e. The van der Waals surface area contributed by atoms with Crippen molar-refractivity contribution in [2.75, 3.05) is 18.4 Å². The number of pyridine rings is 1. The SMILES string of the molecule is Cc1nc2c(NC(=O)N3CCC(O)(c4ccccc4C)C3)cccn2n1. The van der Waals surface area contributed by atoms with Crippen LogP contribution in [0.3, 0.4) is 0 Å². The van der Waals surface area contributed by atoms with Gasteiger partial charge < -0.3 is 15.3 Å². The number of nitrogens with one attached hydrogen (secondary N) is 1. The molecule has 1 unspecified atom stereocenters. The molecule has 2 aromatic heterocycles. The summed E-state index contributed by atoms with van der Waals surface area (Å²) in [5, 5.41) is 18.2. The van der Waals surface area contributed by atoms with Crippen molar-refractivity contribution >= 4 is 17.4 Å². The first-order chi connectivity index (χ1) is 12.5. The lowest BCUT2D eigenvalue weighted by Crippen LogP contribution is -2.37. The van der Waals surface area contributed by atoms with E-state index in [-0.39, 0.29) is 12.6 Å². The molecule has 1 aliphatic heterocycles. The first kappa shape index (κ1) is 16.5. The summed E-state index contributed by atoms with van der Waals surface area (Å²) in [5.74, 6) is 0.641. The normalized spacial score (nSPS) is 19.9. The average Bonchev–Trinajstić information content (AvgIpc) is 3.19. The van der Waals surface area contributed by atoms with Gasteiger partial charge in [0.1, 0.15) is 11.4 Å². The number of benzene rings is 1. The highest BCUT2D eigenvalue weighted by Gasteiger charge is 2.40. The van der Waals surface area contributed by atoms with Gasteiger partial charge in [-0.05, 0) is 43.5 Å². The molecule has 1 saturated heterocycles. The van der Waals surface area contributed by atoms with Crippen molar-refractivity contribution in [2.45, 2.75) is 25.9 Å². The summed E-state index contributed by atoms with van der Waals surface area (Å²) >= 11 is 0. The van der Waals surface area contributed by atoms with Gasteiger partial charge in [0.25, 0.3) is 0 Å². The van der Waals surface area contributed by atoms with Gasteiger partial charge in [-0.1, -0.05) is 24.3 Å². The van der Waals surface area contributed by atoms with Crippen LogP contribution in [0.15, 0.2) is 42.6 Å². The lowest BCUT2D eigenvalue weighted by molar-refractivity contribution is 0.0494. The van der Waals surface area contributed by atoms with Crippen LogP contribution >= 0.6 is 0 Å². The highest BCUT2D eigenvalue weighted by Crippen LogP contribution is 2.34. The molecule has 134 valence electrons. The molecule has 0 aliphatic carbocycles. The number of fused-ring (bicyclic) bond motifs is 1. The van der Waals surface area contributed by atoms with Crippen LogP contribution in [0.1, 0.15) is 23.4 Å². The van der Waals surface area contributed by atoms with Crippen LogP contribution in [0.2, 0.25) is 0 Å². The highest BCUT2D eigenvalue weighted by atomic mass is 16.3. The second kappa shape index (κ2) is 6.10. The molecule has 1 fully saturated rings. The van der Waals surface area contributed by atoms with Gasteiger partial charge >= 0.3 is 6.03 Å². The Morgan fingerprint density at radius 3 is 2.85 bits per heavy atom. The van der Waals surface area contributed by atoms with Gasteiger partial charge in [0.15, 0.2) is 5.65 Å². The van der Waals surface area contributed by atoms with E-state index in [9.17, 15) is 9.90 Å². The van der Waals surface area contributed by atoms with Gasteiger partial charge in [-0.2, -0.15) is 5.10 Å². The van der Waals surface area contributed by atoms with E-state index in [4.69, 9.17) is 0 Å². The number of β-amino-alcohol motifs (C(OH)–C–C–N with tert-alkyl or cyclic N) is 1. The smallest absolute Gasteiger partial charge is 0.322 e. The number of aromatic nitrogens is 3. The summed E-state index contributed by atoms with van der Waals surface area (Å²) in [6.45, 7) is 4.54. The van der Waals surface area contributed by atoms with Crippen LogP contribution in [0.25, 0.3) is 5.65 Å². The Hall–Kier alpha value is -2.93. The maximum Gasteiger partial charge on any atom is 0.322 e. The first-order valence-corrected chi connectivity index (χ1v) is 8.63. The predicted molar refractivity (Wildman–Crippen MR) is 98.0 cm³/mol. The average molecular weight is 351 g/mol. The summed E-state index contributed by atoms with van der Waals surface area (Å²) in [6.07, 6.45) is 2.30. The van der Waals surface area contributed by atoms with Crippen molar-refractivity contribution in [3.63, 3.8) is 0 Å². The standard InChI is InChI=1S/C19H21N5O2/c1-13-6-3-4-7-15(13)19(26)9-11-23(12-19)18(25)21-16-8-5-10-24-17(16)20-14(2)22-24/h3-8,10,26H,9,11-12H2,1-2H3,(H,21,25). The van der Waals surface area contributed by atoms with Crippen molar-refractivity contribution in [3.8, 4) is 0 Å². The predicted octanol–water partition coefficient (Wildman–Crippen LogP) is 2.47. The molecular weight excluding hydrogens is 330 g/mol. The van der Waals surface area contributed by atoms with E-state index in [1.807, 2.05) is 37.3 Å². The third-order valence-corrected chi connectivity index (χ3v) is 4.89. The summed E-state index contributed by atoms with van der Waals surface area (Å²) in [6, 6.07) is 11.1. The molecule has 0 radical (unpaired) electrons. The number of urea groups is 1. The second-order valence-corrected chi connectivity index (χ2v) is 6.80. The molecule has 7 nitrogen and oxygen atoms in total. The quantitative estimate of drug-likeness (QED) is 0.743. The number of aliphatic hydroxyl groups is 1. The van der Waals surface area contributed by atoms with Gasteiger partial charge in [0, 0.05) is 12.7 Å². The molecule has 0 saturated carbocycles. The first-order valence-electron chi connectivity index (χ1n) is 8.63. The topological polar surface area (TPSA) is 82.8 Å². The molecule has 0 bridgehead atoms. The Morgan fingerprint density at radius 2 is 2.04 bits per heavy atom. The lowest BCUT2D eigenvalue weighted by atomic mass is 9.89. The summed E-state index contributed by atoms with van der Waals surface area (Å²) < 4.78 is 1.64. The van der Waals surface area contributed by atoms with Crippen LogP contribution in [0.4, 0.5) is 10.5 Å². The fourth-order valence-electron chi connectivity index (χ4n) is 3.59. The van der Waals surface area contributed by atoms with E-state index in [0.717, 1.165) is 11.1 Å². The summed E-state index contributed by atoms with van der Waals surface area (Å²) in [7, 11) is 0. The van der Waals surface area contributed by atoms with Gasteiger partial charge in [-0.3, -0.25) is 0 Å². The molecule has 2 N–H and O–H groups in total. The number of nitrogens with zero attached hydrogens (tertiary/aromatic N) is 4. The van der Waals surface area contributed by atoms with Gasteiger partial charge in [0.2, 0.25) is 0 Å². The Bertz CT molecular complexity index is 983. The number of carbonyl (C=O) groups is 1. The van der Waals surface area contributed by atoms with E-state index in [2.05, 4.69) is 15.4 Å². The van der Waals surface area contributed by atoms with Crippen molar-refractivity contribution in [2.24, 2.45) is 0 Å². The third-order valence-electron chi connectivity index (χ3n) is 4.89. The molecule has 3 heterocycles. The molecule has 0 spiro atoms. The van der Waals surface area contributed by atoms with Crippen molar-refractivity contribution in [1.29, 1.82) is 0 Å². The Kier molecular flexibility index (Phi) is 3.88. The molecule has 1 aromatic carbocycles. The zero-order chi connectivity index (χ0) is 18.3. The van der Waals surface area contributed by atoms with Gasteiger partial charge in [0.05, 0.1) is 12.2 Å². The maximum atomic E-state index is 12.7. The zero-order valence-electron chi connectivity index (χ0n) is 14.8. The number of hydrogen-bond donors (Lipinski definition) is 2. The highest BCUT2D eigenvalue weighted by molar-refractivity contribution is 5.93. The Balaban J connectivity index is 1.54. The lowest BCUT2D eigenvalue weighted by Gasteiger charge is -2.25. The van der Waals surface area contributed by atoms with E-state index >= 15 is 0 Å². The van der Waals surface area contributed by atoms with Crippen LogP contribution in [0.5, 0.6) is 0 Å². The number of anilines is 1. The van der Waals surface area contributed by atoms with Crippen molar-refractivity contribution < 1.29 is 9.90 Å². The number of likely N-dealkylation sites (tertiary alicyclic amines) is 1. The number of carbonyl (C=O) groups excluding carboxylic acids is 1. The monoisotopic (exact) mass is 351 g/mol. The number of aryl methyl sites for hydroxylation is 2. The van der Waals surface area contributed by atoms with Crippen molar-refractivity contribution in [3.05, 3.63) is 59.5 Å². The Labute approximate surface area is 151 Å². The summed E-state index contributed by atoms with van der Waals surface area (Å²) in [4.78, 5) is 18.7. The zero-order valence-corrected chi connectivity index (χ0v) is 14.8. The molecule has 4 rings (SSSR count). The van der Waals surface area contributed by atoms with Gasteiger partial charge in [-0.15, -0.1) is 0 Å². The third kappa shape index (κ3) is 2.80. The number of hydrogen-bond acceptors (Lipinski definition) is 4. The van der Waals surface area contributed by atoms with E-state index in [1.54, 1.807) is 28.6 Å². The Morgan fingerprint density at radius 1 is 1.23 bits per heavy atom. The fraction of sp³-hybridized carbons (Fsp3) is 0.316. The molecule has 7 heteroatoms.